The van der Waals surface area contributed by atoms with Gasteiger partial charge in [-0.15, -0.1) is 0 Å². The fraction of sp³-hybridized carbons (Fsp3) is 0.667. The van der Waals surface area contributed by atoms with Crippen molar-refractivity contribution in [3.63, 3.8) is 0 Å². The normalized spacial score (nSPS) is 16.6. The monoisotopic (exact) mass is 195 g/mol. The molecule has 1 aromatic heterocycles. The summed E-state index contributed by atoms with van der Waals surface area (Å²) >= 11 is 0. The van der Waals surface area contributed by atoms with E-state index in [0.717, 1.165) is 18.7 Å². The second kappa shape index (κ2) is 3.77. The summed E-state index contributed by atoms with van der Waals surface area (Å²) in [6.07, 6.45) is 4.13. The highest BCUT2D eigenvalue weighted by Crippen LogP contribution is 2.34. The fourth-order valence-corrected chi connectivity index (χ4v) is 1.50. The van der Waals surface area contributed by atoms with Gasteiger partial charge in [0.05, 0.1) is 6.42 Å². The Morgan fingerprint density at radius 2 is 2.36 bits per heavy atom. The number of aromatic amines is 1. The highest BCUT2D eigenvalue weighted by Gasteiger charge is 2.23. The number of nitrogens with zero attached hydrogens (tertiary/aromatic N) is 2. The van der Waals surface area contributed by atoms with E-state index < -0.39 is 5.97 Å². The Labute approximate surface area is 81.6 Å². The molecule has 1 aliphatic carbocycles. The third kappa shape index (κ3) is 1.92. The van der Waals surface area contributed by atoms with Gasteiger partial charge in [-0.1, -0.05) is 6.42 Å². The van der Waals surface area contributed by atoms with Crippen molar-refractivity contribution >= 4 is 5.97 Å². The van der Waals surface area contributed by atoms with E-state index in [1.165, 1.54) is 6.42 Å². The Hall–Kier alpha value is -1.39. The van der Waals surface area contributed by atoms with E-state index in [1.807, 2.05) is 0 Å². The van der Waals surface area contributed by atoms with Crippen molar-refractivity contribution in [3.8, 4) is 0 Å². The average Bonchev–Trinajstić information content (AvgIpc) is 2.46. The minimum atomic E-state index is -0.799. The van der Waals surface area contributed by atoms with Gasteiger partial charge in [0.15, 0.2) is 5.82 Å². The molecule has 0 unspecified atom stereocenters. The summed E-state index contributed by atoms with van der Waals surface area (Å²) in [5, 5.41) is 15.4. The van der Waals surface area contributed by atoms with Gasteiger partial charge in [-0.05, 0) is 12.8 Å². The van der Waals surface area contributed by atoms with Crippen LogP contribution in [-0.2, 0) is 11.2 Å². The maximum Gasteiger partial charge on any atom is 0.303 e. The molecule has 76 valence electrons. The highest BCUT2D eigenvalue weighted by molar-refractivity contribution is 5.66. The Kier molecular flexibility index (Phi) is 2.47. The lowest BCUT2D eigenvalue weighted by Crippen LogP contribution is -2.10. The molecule has 0 saturated heterocycles. The Morgan fingerprint density at radius 1 is 1.57 bits per heavy atom. The van der Waals surface area contributed by atoms with Crippen LogP contribution in [0.3, 0.4) is 0 Å². The molecule has 1 fully saturated rings. The molecule has 1 aliphatic rings. The smallest absolute Gasteiger partial charge is 0.303 e. The Bertz CT molecular complexity index is 331. The van der Waals surface area contributed by atoms with Gasteiger partial charge in [0.2, 0.25) is 0 Å². The quantitative estimate of drug-likeness (QED) is 0.753. The maximum atomic E-state index is 10.3. The molecule has 1 aromatic rings. The number of carbonyl (C=O) groups is 1. The van der Waals surface area contributed by atoms with Crippen LogP contribution in [0.1, 0.15) is 43.3 Å². The van der Waals surface area contributed by atoms with Crippen molar-refractivity contribution in [2.75, 3.05) is 0 Å². The molecule has 1 saturated carbocycles. The van der Waals surface area contributed by atoms with Crippen LogP contribution in [-0.4, -0.2) is 26.3 Å². The first-order valence-electron chi connectivity index (χ1n) is 4.88. The van der Waals surface area contributed by atoms with Crippen LogP contribution in [0.5, 0.6) is 0 Å². The van der Waals surface area contributed by atoms with E-state index >= 15 is 0 Å². The third-order valence-electron chi connectivity index (χ3n) is 2.60. The van der Waals surface area contributed by atoms with E-state index in [4.69, 9.17) is 5.11 Å². The summed E-state index contributed by atoms with van der Waals surface area (Å²) in [7, 11) is 0. The number of hydrogen-bond donors (Lipinski definition) is 2. The molecule has 2 rings (SSSR count). The summed E-state index contributed by atoms with van der Waals surface area (Å²) in [6.45, 7) is 0. The maximum absolute atomic E-state index is 10.3. The molecule has 1 heterocycles. The minimum absolute atomic E-state index is 0.110. The first kappa shape index (κ1) is 9.18. The molecule has 0 atom stereocenters. The van der Waals surface area contributed by atoms with Gasteiger partial charge >= 0.3 is 5.97 Å². The van der Waals surface area contributed by atoms with Crippen LogP contribution >= 0.6 is 0 Å². The van der Waals surface area contributed by atoms with Gasteiger partial charge in [-0.2, -0.15) is 5.10 Å². The zero-order chi connectivity index (χ0) is 9.97. The molecular weight excluding hydrogens is 182 g/mol. The zero-order valence-corrected chi connectivity index (χ0v) is 7.86. The zero-order valence-electron chi connectivity index (χ0n) is 7.86. The molecule has 0 bridgehead atoms. The standard InChI is InChI=1S/C9H13N3O2/c13-8(14)5-4-7-10-9(12-11-7)6-2-1-3-6/h6H,1-5H2,(H,13,14)(H,10,11,12). The Morgan fingerprint density at radius 3 is 2.93 bits per heavy atom. The number of hydrogen-bond acceptors (Lipinski definition) is 3. The number of rotatable bonds is 4. The second-order valence-corrected chi connectivity index (χ2v) is 3.66. The molecule has 0 aromatic carbocycles. The minimum Gasteiger partial charge on any atom is -0.481 e. The predicted molar refractivity (Wildman–Crippen MR) is 48.9 cm³/mol. The van der Waals surface area contributed by atoms with Crippen LogP contribution in [0.4, 0.5) is 0 Å². The number of nitrogens with one attached hydrogen (secondary N) is 1. The van der Waals surface area contributed by atoms with Crippen molar-refractivity contribution in [1.82, 2.24) is 15.2 Å². The molecule has 5 heteroatoms. The van der Waals surface area contributed by atoms with Gasteiger partial charge in [-0.25, -0.2) is 4.98 Å². The average molecular weight is 195 g/mol. The first-order chi connectivity index (χ1) is 6.75. The number of H-pyrrole nitrogens is 1. The molecule has 0 spiro atoms. The molecule has 0 amide bonds. The third-order valence-corrected chi connectivity index (χ3v) is 2.60. The summed E-state index contributed by atoms with van der Waals surface area (Å²) in [5.41, 5.74) is 0. The van der Waals surface area contributed by atoms with E-state index in [-0.39, 0.29) is 6.42 Å². The van der Waals surface area contributed by atoms with Crippen LogP contribution in [0.2, 0.25) is 0 Å². The highest BCUT2D eigenvalue weighted by atomic mass is 16.4. The molecule has 2 N–H and O–H groups in total. The van der Waals surface area contributed by atoms with Crippen molar-refractivity contribution in [2.45, 2.75) is 38.0 Å². The number of carboxylic acid groups (broad SMARTS) is 1. The number of aromatic nitrogens is 3. The first-order valence-corrected chi connectivity index (χ1v) is 4.88. The number of aryl methyl sites for hydroxylation is 1. The summed E-state index contributed by atoms with van der Waals surface area (Å²) in [5.74, 6) is 1.25. The van der Waals surface area contributed by atoms with Gasteiger partial charge in [0.1, 0.15) is 5.82 Å². The second-order valence-electron chi connectivity index (χ2n) is 3.66. The lowest BCUT2D eigenvalue weighted by atomic mass is 9.85. The van der Waals surface area contributed by atoms with Crippen LogP contribution < -0.4 is 0 Å². The van der Waals surface area contributed by atoms with Crippen molar-refractivity contribution in [2.24, 2.45) is 0 Å². The van der Waals surface area contributed by atoms with E-state index in [0.29, 0.717) is 18.2 Å². The summed E-state index contributed by atoms with van der Waals surface area (Å²) < 4.78 is 0. The Balaban J connectivity index is 1.92. The lowest BCUT2D eigenvalue weighted by molar-refractivity contribution is -0.137. The SMILES string of the molecule is O=C(O)CCc1nc(C2CCC2)n[nH]1. The molecule has 0 aliphatic heterocycles. The van der Waals surface area contributed by atoms with E-state index in [2.05, 4.69) is 15.2 Å². The predicted octanol–water partition coefficient (Wildman–Crippen LogP) is 1.09. The van der Waals surface area contributed by atoms with Gasteiger partial charge in [0, 0.05) is 12.3 Å². The number of carboxylic acids is 1. The van der Waals surface area contributed by atoms with Crippen molar-refractivity contribution in [1.29, 1.82) is 0 Å². The summed E-state index contributed by atoms with van der Waals surface area (Å²) in [4.78, 5) is 14.6. The number of aliphatic carboxylic acids is 1. The van der Waals surface area contributed by atoms with Crippen molar-refractivity contribution in [3.05, 3.63) is 11.6 Å². The molecular formula is C9H13N3O2. The fourth-order valence-electron chi connectivity index (χ4n) is 1.50. The molecule has 5 nitrogen and oxygen atoms in total. The molecule has 14 heavy (non-hydrogen) atoms. The largest absolute Gasteiger partial charge is 0.481 e. The summed E-state index contributed by atoms with van der Waals surface area (Å²) in [6, 6.07) is 0. The van der Waals surface area contributed by atoms with Crippen LogP contribution in [0, 0.1) is 0 Å². The van der Waals surface area contributed by atoms with Gasteiger partial charge in [-0.3, -0.25) is 9.89 Å². The van der Waals surface area contributed by atoms with E-state index in [1.54, 1.807) is 0 Å². The van der Waals surface area contributed by atoms with Crippen LogP contribution in [0.15, 0.2) is 0 Å². The van der Waals surface area contributed by atoms with Crippen molar-refractivity contribution < 1.29 is 9.90 Å². The topological polar surface area (TPSA) is 78.9 Å². The van der Waals surface area contributed by atoms with E-state index in [9.17, 15) is 4.79 Å². The molecule has 0 radical (unpaired) electrons. The van der Waals surface area contributed by atoms with Gasteiger partial charge < -0.3 is 5.11 Å². The van der Waals surface area contributed by atoms with Crippen LogP contribution in [0.25, 0.3) is 0 Å². The lowest BCUT2D eigenvalue weighted by Gasteiger charge is -2.21. The van der Waals surface area contributed by atoms with Gasteiger partial charge in [0.25, 0.3) is 0 Å².